The Morgan fingerprint density at radius 2 is 1.92 bits per heavy atom. The minimum absolute atomic E-state index is 0.0329. The Morgan fingerprint density at radius 1 is 1.19 bits per heavy atom. The molecule has 2 amide bonds. The van der Waals surface area contributed by atoms with Crippen molar-refractivity contribution in [2.24, 2.45) is 0 Å². The first-order chi connectivity index (χ1) is 17.7. The third kappa shape index (κ3) is 6.41. The summed E-state index contributed by atoms with van der Waals surface area (Å²) in [6.07, 6.45) is 4.48. The van der Waals surface area contributed by atoms with E-state index >= 15 is 0 Å². The van der Waals surface area contributed by atoms with E-state index < -0.39 is 6.04 Å². The number of likely N-dealkylation sites (tertiary alicyclic amines) is 2. The molecule has 2 aliphatic rings. The highest BCUT2D eigenvalue weighted by Gasteiger charge is 2.41. The first-order valence-electron chi connectivity index (χ1n) is 13.2. The number of aromatic nitrogens is 1. The van der Waals surface area contributed by atoms with Gasteiger partial charge in [0.1, 0.15) is 9.88 Å². The van der Waals surface area contributed by atoms with Crippen LogP contribution in [-0.4, -0.2) is 76.5 Å². The van der Waals surface area contributed by atoms with Gasteiger partial charge in [-0.2, -0.15) is 0 Å². The molecule has 200 valence electrons. The molecule has 1 aromatic heterocycles. The maximum Gasteiger partial charge on any atom is 0.265 e. The van der Waals surface area contributed by atoms with Crippen LogP contribution in [0, 0.1) is 6.92 Å². The van der Waals surface area contributed by atoms with Crippen molar-refractivity contribution in [3.8, 4) is 0 Å². The lowest BCUT2D eigenvalue weighted by atomic mass is 9.99. The van der Waals surface area contributed by atoms with Gasteiger partial charge in [0.15, 0.2) is 5.78 Å². The summed E-state index contributed by atoms with van der Waals surface area (Å²) in [5.41, 5.74) is 3.10. The molecule has 0 saturated carbocycles. The highest BCUT2D eigenvalue weighted by atomic mass is 35.5. The van der Waals surface area contributed by atoms with Gasteiger partial charge in [0.05, 0.1) is 18.2 Å². The molecule has 0 N–H and O–H groups in total. The minimum Gasteiger partial charge on any atom is -0.344 e. The molecule has 1 aromatic carbocycles. The van der Waals surface area contributed by atoms with E-state index in [2.05, 4.69) is 28.9 Å². The number of ketones is 1. The van der Waals surface area contributed by atoms with Gasteiger partial charge >= 0.3 is 0 Å². The molecule has 2 aromatic rings. The number of amides is 2. The van der Waals surface area contributed by atoms with E-state index in [4.69, 9.17) is 11.6 Å². The van der Waals surface area contributed by atoms with Crippen LogP contribution >= 0.6 is 22.9 Å². The van der Waals surface area contributed by atoms with Crippen LogP contribution < -0.4 is 0 Å². The second-order valence-corrected chi connectivity index (χ2v) is 11.9. The molecule has 0 bridgehead atoms. The average Bonchev–Trinajstić information content (AvgIpc) is 3.44. The van der Waals surface area contributed by atoms with Gasteiger partial charge in [0.25, 0.3) is 5.91 Å². The van der Waals surface area contributed by atoms with Crippen molar-refractivity contribution < 1.29 is 14.4 Å². The second kappa shape index (κ2) is 12.0. The van der Waals surface area contributed by atoms with Gasteiger partial charge in [-0.3, -0.25) is 19.3 Å². The summed E-state index contributed by atoms with van der Waals surface area (Å²) >= 11 is 7.49. The molecular weight excluding hydrogens is 508 g/mol. The van der Waals surface area contributed by atoms with E-state index in [0.717, 1.165) is 55.2 Å². The molecule has 2 saturated heterocycles. The third-order valence-corrected chi connectivity index (χ3v) is 8.87. The number of nitrogens with zero attached hydrogens (tertiary/aromatic N) is 4. The summed E-state index contributed by atoms with van der Waals surface area (Å²) in [5, 5.41) is 1.46. The molecule has 0 unspecified atom stereocenters. The van der Waals surface area contributed by atoms with Crippen LogP contribution in [0.1, 0.15) is 70.5 Å². The molecule has 0 aliphatic carbocycles. The molecule has 37 heavy (non-hydrogen) atoms. The summed E-state index contributed by atoms with van der Waals surface area (Å²) in [6.45, 7) is 6.71. The molecule has 2 fully saturated rings. The lowest BCUT2D eigenvalue weighted by Gasteiger charge is -2.39. The molecule has 0 spiro atoms. The standard InChI is InChI=1S/C28H37ClN4O3S/c1-5-6-22-27(28(36)31(3)4)37-25(30-22)16-24(34)23-9-10-26(35)33(23)20-11-13-32(14-12-20)17-19-7-8-21(29)18(2)15-19/h7-8,15,20,23H,5-6,9-14,16-17H2,1-4H3/t23-/m1/s1. The Kier molecular flexibility index (Phi) is 9.03. The Balaban J connectivity index is 1.39. The smallest absolute Gasteiger partial charge is 0.265 e. The van der Waals surface area contributed by atoms with E-state index in [9.17, 15) is 14.4 Å². The first-order valence-corrected chi connectivity index (χ1v) is 14.4. The maximum absolute atomic E-state index is 13.4. The first kappa shape index (κ1) is 27.7. The second-order valence-electron chi connectivity index (χ2n) is 10.4. The fraction of sp³-hybridized carbons (Fsp3) is 0.571. The SMILES string of the molecule is CCCc1nc(CC(=O)[C@H]2CCC(=O)N2C2CCN(Cc3ccc(Cl)c(C)c3)CC2)sc1C(=O)N(C)C. The summed E-state index contributed by atoms with van der Waals surface area (Å²) in [5.74, 6) is 0.0443. The highest BCUT2D eigenvalue weighted by Crippen LogP contribution is 2.30. The topological polar surface area (TPSA) is 73.8 Å². The molecule has 2 aliphatic heterocycles. The van der Waals surface area contributed by atoms with Crippen molar-refractivity contribution in [3.05, 3.63) is 49.9 Å². The number of carbonyl (C=O) groups is 3. The van der Waals surface area contributed by atoms with Crippen molar-refractivity contribution >= 4 is 40.5 Å². The number of benzene rings is 1. The fourth-order valence-corrected chi connectivity index (χ4v) is 6.67. The van der Waals surface area contributed by atoms with E-state index in [1.807, 2.05) is 17.9 Å². The number of aryl methyl sites for hydroxylation is 2. The molecule has 3 heterocycles. The summed E-state index contributed by atoms with van der Waals surface area (Å²) in [4.78, 5) is 50.0. The van der Waals surface area contributed by atoms with Gasteiger partial charge in [-0.05, 0) is 49.8 Å². The quantitative estimate of drug-likeness (QED) is 0.464. The zero-order chi connectivity index (χ0) is 26.7. The van der Waals surface area contributed by atoms with Crippen LogP contribution in [0.15, 0.2) is 18.2 Å². The highest BCUT2D eigenvalue weighted by molar-refractivity contribution is 7.13. The molecular formula is C28H37ClN4O3S. The van der Waals surface area contributed by atoms with Gasteiger partial charge in [-0.15, -0.1) is 11.3 Å². The maximum atomic E-state index is 13.4. The van der Waals surface area contributed by atoms with Gasteiger partial charge < -0.3 is 9.80 Å². The Labute approximate surface area is 228 Å². The number of halogens is 1. The lowest BCUT2D eigenvalue weighted by Crippen LogP contribution is -2.50. The van der Waals surface area contributed by atoms with Crippen molar-refractivity contribution in [1.29, 1.82) is 0 Å². The van der Waals surface area contributed by atoms with Crippen molar-refractivity contribution in [2.75, 3.05) is 27.2 Å². The Bertz CT molecular complexity index is 1160. The monoisotopic (exact) mass is 544 g/mol. The van der Waals surface area contributed by atoms with Gasteiger partial charge in [0, 0.05) is 51.2 Å². The molecule has 7 nitrogen and oxygen atoms in total. The zero-order valence-electron chi connectivity index (χ0n) is 22.3. The van der Waals surface area contributed by atoms with Crippen molar-refractivity contribution in [2.45, 2.75) is 77.4 Å². The number of piperidine rings is 1. The van der Waals surface area contributed by atoms with Gasteiger partial charge in [-0.25, -0.2) is 4.98 Å². The van der Waals surface area contributed by atoms with Crippen LogP contribution in [-0.2, 0) is 29.0 Å². The van der Waals surface area contributed by atoms with E-state index in [1.165, 1.54) is 16.9 Å². The van der Waals surface area contributed by atoms with E-state index in [-0.39, 0.29) is 30.1 Å². The third-order valence-electron chi connectivity index (χ3n) is 7.36. The number of hydrogen-bond acceptors (Lipinski definition) is 6. The minimum atomic E-state index is -0.394. The van der Waals surface area contributed by atoms with Crippen LogP contribution in [0.4, 0.5) is 0 Å². The number of Topliss-reactive ketones (excluding diaryl/α,β-unsaturated/α-hetero) is 1. The molecule has 0 radical (unpaired) electrons. The normalized spacial score (nSPS) is 19.0. The molecule has 4 rings (SSSR count). The largest absolute Gasteiger partial charge is 0.344 e. The van der Waals surface area contributed by atoms with E-state index in [1.54, 1.807) is 19.0 Å². The van der Waals surface area contributed by atoms with Crippen LogP contribution in [0.5, 0.6) is 0 Å². The van der Waals surface area contributed by atoms with Crippen LogP contribution in [0.3, 0.4) is 0 Å². The number of hydrogen-bond donors (Lipinski definition) is 0. The number of thiazole rings is 1. The Hall–Kier alpha value is -2.29. The zero-order valence-corrected chi connectivity index (χ0v) is 23.8. The lowest BCUT2D eigenvalue weighted by molar-refractivity contribution is -0.137. The molecule has 1 atom stereocenters. The van der Waals surface area contributed by atoms with Crippen LogP contribution in [0.2, 0.25) is 5.02 Å². The summed E-state index contributed by atoms with van der Waals surface area (Å²) in [6, 6.07) is 5.85. The predicted octanol–water partition coefficient (Wildman–Crippen LogP) is 4.53. The van der Waals surface area contributed by atoms with Gasteiger partial charge in [0.2, 0.25) is 5.91 Å². The van der Waals surface area contributed by atoms with Crippen molar-refractivity contribution in [3.63, 3.8) is 0 Å². The summed E-state index contributed by atoms with van der Waals surface area (Å²) < 4.78 is 0. The predicted molar refractivity (Wildman–Crippen MR) is 147 cm³/mol. The van der Waals surface area contributed by atoms with Crippen molar-refractivity contribution in [1.82, 2.24) is 19.7 Å². The van der Waals surface area contributed by atoms with Gasteiger partial charge in [-0.1, -0.05) is 37.1 Å². The fourth-order valence-electron chi connectivity index (χ4n) is 5.42. The van der Waals surface area contributed by atoms with Crippen LogP contribution in [0.25, 0.3) is 0 Å². The average molecular weight is 545 g/mol. The number of carbonyl (C=O) groups excluding carboxylic acids is 3. The molecule has 9 heteroatoms. The Morgan fingerprint density at radius 3 is 2.57 bits per heavy atom. The van der Waals surface area contributed by atoms with E-state index in [0.29, 0.717) is 29.1 Å². The summed E-state index contributed by atoms with van der Waals surface area (Å²) in [7, 11) is 3.46. The number of rotatable bonds is 9.